The lowest BCUT2D eigenvalue weighted by Gasteiger charge is -2.16. The molecule has 136 valence electrons. The van der Waals surface area contributed by atoms with Gasteiger partial charge >= 0.3 is 0 Å². The minimum absolute atomic E-state index is 0.138. The topological polar surface area (TPSA) is 111 Å². The molecule has 0 aliphatic heterocycles. The fraction of sp³-hybridized carbons (Fsp3) is 0.125. The normalized spacial score (nSPS) is 11.3. The van der Waals surface area contributed by atoms with Crippen LogP contribution in [0.15, 0.2) is 46.9 Å². The van der Waals surface area contributed by atoms with Gasteiger partial charge < -0.3 is 4.74 Å². The molecular weight excluding hydrogens is 430 g/mol. The lowest BCUT2D eigenvalue weighted by Crippen LogP contribution is -2.47. The fourth-order valence-corrected chi connectivity index (χ4v) is 2.62. The van der Waals surface area contributed by atoms with Gasteiger partial charge in [-0.25, -0.2) is 0 Å². The maximum absolute atomic E-state index is 12.0. The molecule has 2 N–H and O–H groups in total. The minimum Gasteiger partial charge on any atom is -0.480 e. The number of amides is 2. The van der Waals surface area contributed by atoms with Crippen LogP contribution in [0, 0.1) is 10.1 Å². The number of nitrogens with zero attached hydrogens (tertiary/aromatic N) is 1. The summed E-state index contributed by atoms with van der Waals surface area (Å²) < 4.78 is 6.08. The highest BCUT2D eigenvalue weighted by molar-refractivity contribution is 9.10. The molecule has 0 saturated carbocycles. The summed E-state index contributed by atoms with van der Waals surface area (Å²) in [5.74, 6) is -0.783. The third kappa shape index (κ3) is 5.17. The molecule has 0 spiro atoms. The predicted molar refractivity (Wildman–Crippen MR) is 97.9 cm³/mol. The lowest BCUT2D eigenvalue weighted by molar-refractivity contribution is -0.384. The molecule has 2 aromatic rings. The van der Waals surface area contributed by atoms with E-state index in [1.54, 1.807) is 18.2 Å². The number of rotatable bonds is 5. The van der Waals surface area contributed by atoms with Crippen LogP contribution in [0.5, 0.6) is 5.75 Å². The molecule has 0 bridgehead atoms. The molecule has 0 fully saturated rings. The van der Waals surface area contributed by atoms with E-state index in [2.05, 4.69) is 26.8 Å². The monoisotopic (exact) mass is 441 g/mol. The van der Waals surface area contributed by atoms with Crippen LogP contribution >= 0.6 is 27.5 Å². The van der Waals surface area contributed by atoms with Crippen molar-refractivity contribution in [3.8, 4) is 5.75 Å². The third-order valence-electron chi connectivity index (χ3n) is 3.21. The van der Waals surface area contributed by atoms with Crippen LogP contribution in [-0.2, 0) is 4.79 Å². The van der Waals surface area contributed by atoms with Crippen molar-refractivity contribution >= 4 is 45.0 Å². The smallest absolute Gasteiger partial charge is 0.279 e. The van der Waals surface area contributed by atoms with Crippen molar-refractivity contribution in [1.82, 2.24) is 10.9 Å². The van der Waals surface area contributed by atoms with Crippen molar-refractivity contribution in [2.75, 3.05) is 0 Å². The van der Waals surface area contributed by atoms with Crippen LogP contribution in [0.1, 0.15) is 17.3 Å². The van der Waals surface area contributed by atoms with E-state index in [4.69, 9.17) is 16.3 Å². The number of hydrogen-bond acceptors (Lipinski definition) is 5. The number of halogens is 2. The number of carbonyl (C=O) groups is 2. The van der Waals surface area contributed by atoms with E-state index in [9.17, 15) is 19.7 Å². The highest BCUT2D eigenvalue weighted by Gasteiger charge is 2.17. The Morgan fingerprint density at radius 3 is 2.42 bits per heavy atom. The Bertz CT molecular complexity index is 844. The van der Waals surface area contributed by atoms with Gasteiger partial charge in [0.2, 0.25) is 0 Å². The molecule has 0 heterocycles. The fourth-order valence-electron chi connectivity index (χ4n) is 1.84. The summed E-state index contributed by atoms with van der Waals surface area (Å²) in [6.45, 7) is 1.51. The summed E-state index contributed by atoms with van der Waals surface area (Å²) >= 11 is 9.11. The summed E-state index contributed by atoms with van der Waals surface area (Å²) in [5, 5.41) is 11.1. The van der Waals surface area contributed by atoms with Gasteiger partial charge in [0, 0.05) is 22.7 Å². The number of carbonyl (C=O) groups excluding carboxylic acids is 2. The van der Waals surface area contributed by atoms with Crippen molar-refractivity contribution in [3.05, 3.63) is 67.6 Å². The number of nitro groups is 1. The summed E-state index contributed by atoms with van der Waals surface area (Å²) in [5.41, 5.74) is 4.47. The molecular formula is C16H13BrClN3O5. The molecule has 0 aliphatic rings. The SMILES string of the molecule is CC(Oc1ccc(Cl)cc1Br)C(=O)NNC(=O)c1ccc([N+](=O)[O-])cc1. The summed E-state index contributed by atoms with van der Waals surface area (Å²) in [6, 6.07) is 9.79. The Hall–Kier alpha value is -2.65. The maximum atomic E-state index is 12.0. The standard InChI is InChI=1S/C16H13BrClN3O5/c1-9(26-14-7-4-11(18)8-13(14)17)15(22)19-20-16(23)10-2-5-12(6-3-10)21(24)25/h2-9H,1H3,(H,19,22)(H,20,23). The first-order chi connectivity index (χ1) is 12.3. The first-order valence-electron chi connectivity index (χ1n) is 7.24. The van der Waals surface area contributed by atoms with E-state index in [1.807, 2.05) is 0 Å². The molecule has 26 heavy (non-hydrogen) atoms. The van der Waals surface area contributed by atoms with Gasteiger partial charge in [-0.1, -0.05) is 11.6 Å². The first kappa shape index (κ1) is 19.7. The van der Waals surface area contributed by atoms with Crippen LogP contribution in [0.3, 0.4) is 0 Å². The van der Waals surface area contributed by atoms with E-state index >= 15 is 0 Å². The molecule has 8 nitrogen and oxygen atoms in total. The Morgan fingerprint density at radius 2 is 1.85 bits per heavy atom. The average molecular weight is 443 g/mol. The van der Waals surface area contributed by atoms with Gasteiger partial charge in [-0.05, 0) is 53.2 Å². The first-order valence-corrected chi connectivity index (χ1v) is 8.41. The molecule has 0 aromatic heterocycles. The Kier molecular flexibility index (Phi) is 6.53. The second-order valence-corrected chi connectivity index (χ2v) is 6.37. The predicted octanol–water partition coefficient (Wildman–Crippen LogP) is 3.24. The van der Waals surface area contributed by atoms with E-state index in [0.717, 1.165) is 0 Å². The molecule has 0 radical (unpaired) electrons. The molecule has 1 atom stereocenters. The van der Waals surface area contributed by atoms with Gasteiger partial charge in [-0.3, -0.25) is 30.6 Å². The molecule has 0 saturated heterocycles. The van der Waals surface area contributed by atoms with Crippen molar-refractivity contribution in [2.45, 2.75) is 13.0 Å². The summed E-state index contributed by atoms with van der Waals surface area (Å²) in [7, 11) is 0. The zero-order valence-electron chi connectivity index (χ0n) is 13.4. The van der Waals surface area contributed by atoms with Crippen molar-refractivity contribution in [1.29, 1.82) is 0 Å². The number of benzene rings is 2. The number of nitro benzene ring substituents is 1. The van der Waals surface area contributed by atoms with Crippen LogP contribution in [0.2, 0.25) is 5.02 Å². The van der Waals surface area contributed by atoms with E-state index in [1.165, 1.54) is 31.2 Å². The molecule has 0 aliphatic carbocycles. The molecule has 2 aromatic carbocycles. The summed E-state index contributed by atoms with van der Waals surface area (Å²) in [4.78, 5) is 34.0. The van der Waals surface area contributed by atoms with Crippen LogP contribution in [-0.4, -0.2) is 22.8 Å². The lowest BCUT2D eigenvalue weighted by atomic mass is 10.2. The number of hydrogen-bond donors (Lipinski definition) is 2. The largest absolute Gasteiger partial charge is 0.480 e. The van der Waals surface area contributed by atoms with E-state index in [0.29, 0.717) is 15.2 Å². The number of ether oxygens (including phenoxy) is 1. The van der Waals surface area contributed by atoms with Crippen LogP contribution in [0.25, 0.3) is 0 Å². The van der Waals surface area contributed by atoms with Crippen LogP contribution in [0.4, 0.5) is 5.69 Å². The van der Waals surface area contributed by atoms with Gasteiger partial charge in [0.15, 0.2) is 6.10 Å². The third-order valence-corrected chi connectivity index (χ3v) is 4.06. The second-order valence-electron chi connectivity index (χ2n) is 5.08. The molecule has 2 rings (SSSR count). The molecule has 1 unspecified atom stereocenters. The van der Waals surface area contributed by atoms with Crippen molar-refractivity contribution in [3.63, 3.8) is 0 Å². The Balaban J connectivity index is 1.90. The summed E-state index contributed by atoms with van der Waals surface area (Å²) in [6.07, 6.45) is -0.898. The average Bonchev–Trinajstić information content (AvgIpc) is 2.61. The van der Waals surface area contributed by atoms with E-state index in [-0.39, 0.29) is 11.3 Å². The quantitative estimate of drug-likeness (QED) is 0.545. The zero-order chi connectivity index (χ0) is 19.3. The van der Waals surface area contributed by atoms with Gasteiger partial charge in [0.1, 0.15) is 5.75 Å². The van der Waals surface area contributed by atoms with Gasteiger partial charge in [0.05, 0.1) is 9.40 Å². The zero-order valence-corrected chi connectivity index (χ0v) is 15.7. The van der Waals surface area contributed by atoms with Gasteiger partial charge in [0.25, 0.3) is 17.5 Å². The Morgan fingerprint density at radius 1 is 1.19 bits per heavy atom. The Labute approximate surface area is 161 Å². The maximum Gasteiger partial charge on any atom is 0.279 e. The molecule has 2 amide bonds. The van der Waals surface area contributed by atoms with Gasteiger partial charge in [-0.15, -0.1) is 0 Å². The van der Waals surface area contributed by atoms with Gasteiger partial charge in [-0.2, -0.15) is 0 Å². The number of nitrogens with one attached hydrogen (secondary N) is 2. The second kappa shape index (κ2) is 8.63. The van der Waals surface area contributed by atoms with Crippen LogP contribution < -0.4 is 15.6 Å². The number of hydrazine groups is 1. The molecule has 10 heteroatoms. The highest BCUT2D eigenvalue weighted by Crippen LogP contribution is 2.28. The van der Waals surface area contributed by atoms with Crippen molar-refractivity contribution < 1.29 is 19.2 Å². The van der Waals surface area contributed by atoms with E-state index < -0.39 is 22.8 Å². The highest BCUT2D eigenvalue weighted by atomic mass is 79.9. The van der Waals surface area contributed by atoms with Crippen molar-refractivity contribution in [2.24, 2.45) is 0 Å². The number of non-ortho nitro benzene ring substituents is 1. The minimum atomic E-state index is -0.898.